The number of methoxy groups -OCH3 is 1. The molecule has 1 aromatic carbocycles. The molecule has 5 nitrogen and oxygen atoms in total. The van der Waals surface area contributed by atoms with Crippen molar-refractivity contribution in [1.82, 2.24) is 5.32 Å². The van der Waals surface area contributed by atoms with Gasteiger partial charge in [0, 0.05) is 6.04 Å². The van der Waals surface area contributed by atoms with Gasteiger partial charge in [-0.25, -0.2) is 4.79 Å². The smallest absolute Gasteiger partial charge is 0.330 e. The van der Waals surface area contributed by atoms with E-state index in [1.807, 2.05) is 13.8 Å². The van der Waals surface area contributed by atoms with E-state index in [1.54, 1.807) is 26.0 Å². The normalized spacial score (nSPS) is 13.9. The van der Waals surface area contributed by atoms with Gasteiger partial charge in [0.1, 0.15) is 5.54 Å². The van der Waals surface area contributed by atoms with Crippen LogP contribution >= 0.6 is 0 Å². The number of nitrogens with one attached hydrogen (secondary N) is 1. The summed E-state index contributed by atoms with van der Waals surface area (Å²) < 4.78 is 10.3. The van der Waals surface area contributed by atoms with Gasteiger partial charge in [-0.2, -0.15) is 0 Å². The molecule has 1 atom stereocenters. The van der Waals surface area contributed by atoms with Crippen LogP contribution in [0.5, 0.6) is 11.5 Å². The van der Waals surface area contributed by atoms with E-state index in [0.29, 0.717) is 17.9 Å². The van der Waals surface area contributed by atoms with Crippen molar-refractivity contribution in [3.8, 4) is 11.5 Å². The molecule has 0 spiro atoms. The molecule has 0 amide bonds. The third-order valence-corrected chi connectivity index (χ3v) is 3.02. The molecule has 5 heteroatoms. The van der Waals surface area contributed by atoms with Crippen LogP contribution in [0, 0.1) is 0 Å². The standard InChI is InChI=1S/C15H23NO4/c1-6-20-14(18)15(4,16-10(2)3)11-7-8-12(17)13(9-11)19-5/h7-10,16-17H,6H2,1-5H3. The number of carbonyl (C=O) groups excluding carboxylic acids is 1. The fraction of sp³-hybridized carbons (Fsp3) is 0.533. The van der Waals surface area contributed by atoms with Crippen LogP contribution in [0.1, 0.15) is 33.3 Å². The summed E-state index contributed by atoms with van der Waals surface area (Å²) in [5.41, 5.74) is -0.315. The van der Waals surface area contributed by atoms with E-state index in [-0.39, 0.29) is 17.8 Å². The molecule has 1 unspecified atom stereocenters. The largest absolute Gasteiger partial charge is 0.504 e. The summed E-state index contributed by atoms with van der Waals surface area (Å²) in [5, 5.41) is 12.9. The summed E-state index contributed by atoms with van der Waals surface area (Å²) >= 11 is 0. The molecule has 1 aromatic rings. The second-order valence-corrected chi connectivity index (χ2v) is 5.03. The number of ether oxygens (including phenoxy) is 2. The average Bonchev–Trinajstić information content (AvgIpc) is 2.38. The third-order valence-electron chi connectivity index (χ3n) is 3.02. The summed E-state index contributed by atoms with van der Waals surface area (Å²) in [5.74, 6) is -0.00275. The monoisotopic (exact) mass is 281 g/mol. The van der Waals surface area contributed by atoms with Gasteiger partial charge in [0.2, 0.25) is 0 Å². The minimum Gasteiger partial charge on any atom is -0.504 e. The molecule has 20 heavy (non-hydrogen) atoms. The number of hydrogen-bond acceptors (Lipinski definition) is 5. The number of phenolic OH excluding ortho intramolecular Hbond substituents is 1. The Balaban J connectivity index is 3.26. The maximum absolute atomic E-state index is 12.3. The van der Waals surface area contributed by atoms with Gasteiger partial charge < -0.3 is 14.6 Å². The molecule has 0 aliphatic rings. The van der Waals surface area contributed by atoms with Crippen LogP contribution in [0.3, 0.4) is 0 Å². The van der Waals surface area contributed by atoms with E-state index in [0.717, 1.165) is 0 Å². The lowest BCUT2D eigenvalue weighted by molar-refractivity contribution is -0.151. The predicted octanol–water partition coefficient (Wildman–Crippen LogP) is 2.18. The molecule has 2 N–H and O–H groups in total. The van der Waals surface area contributed by atoms with Crippen molar-refractivity contribution in [3.05, 3.63) is 23.8 Å². The van der Waals surface area contributed by atoms with E-state index < -0.39 is 5.54 Å². The van der Waals surface area contributed by atoms with Crippen LogP contribution in [-0.2, 0) is 15.1 Å². The van der Waals surface area contributed by atoms with Gasteiger partial charge in [-0.1, -0.05) is 6.07 Å². The summed E-state index contributed by atoms with van der Waals surface area (Å²) in [6, 6.07) is 4.92. The Morgan fingerprint density at radius 2 is 2.10 bits per heavy atom. The fourth-order valence-corrected chi connectivity index (χ4v) is 2.10. The van der Waals surface area contributed by atoms with Crippen molar-refractivity contribution in [2.75, 3.05) is 13.7 Å². The van der Waals surface area contributed by atoms with Crippen molar-refractivity contribution in [2.45, 2.75) is 39.3 Å². The molecule has 0 aliphatic carbocycles. The van der Waals surface area contributed by atoms with E-state index in [9.17, 15) is 9.90 Å². The molecule has 0 fully saturated rings. The lowest BCUT2D eigenvalue weighted by atomic mass is 9.90. The highest BCUT2D eigenvalue weighted by atomic mass is 16.5. The zero-order chi connectivity index (χ0) is 15.3. The molecule has 0 aromatic heterocycles. The van der Waals surface area contributed by atoms with Gasteiger partial charge in [-0.15, -0.1) is 0 Å². The first kappa shape index (κ1) is 16.3. The van der Waals surface area contributed by atoms with Crippen LogP contribution in [0.15, 0.2) is 18.2 Å². The van der Waals surface area contributed by atoms with Crippen LogP contribution in [-0.4, -0.2) is 30.8 Å². The first-order valence-corrected chi connectivity index (χ1v) is 6.67. The zero-order valence-corrected chi connectivity index (χ0v) is 12.7. The van der Waals surface area contributed by atoms with Gasteiger partial charge >= 0.3 is 5.97 Å². The maximum atomic E-state index is 12.3. The molecule has 0 heterocycles. The maximum Gasteiger partial charge on any atom is 0.330 e. The number of rotatable bonds is 6. The van der Waals surface area contributed by atoms with E-state index >= 15 is 0 Å². The lowest BCUT2D eigenvalue weighted by Gasteiger charge is -2.31. The number of carbonyl (C=O) groups is 1. The third kappa shape index (κ3) is 3.42. The number of benzene rings is 1. The highest BCUT2D eigenvalue weighted by molar-refractivity contribution is 5.82. The summed E-state index contributed by atoms with van der Waals surface area (Å²) in [7, 11) is 1.47. The molecule has 0 aliphatic heterocycles. The molecular weight excluding hydrogens is 258 g/mol. The van der Waals surface area contributed by atoms with Crippen LogP contribution in [0.4, 0.5) is 0 Å². The number of hydrogen-bond donors (Lipinski definition) is 2. The lowest BCUT2D eigenvalue weighted by Crippen LogP contribution is -2.50. The summed E-state index contributed by atoms with van der Waals surface area (Å²) in [4.78, 5) is 12.3. The zero-order valence-electron chi connectivity index (χ0n) is 12.7. The quantitative estimate of drug-likeness (QED) is 0.782. The van der Waals surface area contributed by atoms with Gasteiger partial charge in [0.05, 0.1) is 13.7 Å². The van der Waals surface area contributed by atoms with Crippen molar-refractivity contribution >= 4 is 5.97 Å². The number of aromatic hydroxyl groups is 1. The Labute approximate surface area is 119 Å². The van der Waals surface area contributed by atoms with Crippen LogP contribution in [0.2, 0.25) is 0 Å². The molecule has 1 rings (SSSR count). The van der Waals surface area contributed by atoms with Crippen LogP contribution < -0.4 is 10.1 Å². The Hall–Kier alpha value is -1.75. The highest BCUT2D eigenvalue weighted by Crippen LogP contribution is 2.32. The predicted molar refractivity (Wildman–Crippen MR) is 76.9 cm³/mol. The topological polar surface area (TPSA) is 67.8 Å². The Bertz CT molecular complexity index is 473. The summed E-state index contributed by atoms with van der Waals surface area (Å²) in [6.07, 6.45) is 0. The van der Waals surface area contributed by atoms with E-state index in [4.69, 9.17) is 9.47 Å². The first-order valence-electron chi connectivity index (χ1n) is 6.67. The van der Waals surface area contributed by atoms with Crippen LogP contribution in [0.25, 0.3) is 0 Å². The minimum absolute atomic E-state index is 0.0343. The van der Waals surface area contributed by atoms with E-state index in [2.05, 4.69) is 5.32 Å². The molecule has 0 saturated carbocycles. The SMILES string of the molecule is CCOC(=O)C(C)(NC(C)C)c1ccc(O)c(OC)c1. The van der Waals surface area contributed by atoms with Crippen molar-refractivity contribution in [1.29, 1.82) is 0 Å². The Morgan fingerprint density at radius 1 is 1.45 bits per heavy atom. The molecule has 0 radical (unpaired) electrons. The molecule has 112 valence electrons. The second-order valence-electron chi connectivity index (χ2n) is 5.03. The molecule has 0 saturated heterocycles. The molecular formula is C15H23NO4. The van der Waals surface area contributed by atoms with Crippen molar-refractivity contribution in [3.63, 3.8) is 0 Å². The average molecular weight is 281 g/mol. The number of phenols is 1. The van der Waals surface area contributed by atoms with E-state index in [1.165, 1.54) is 13.2 Å². The minimum atomic E-state index is -0.995. The van der Waals surface area contributed by atoms with Gasteiger partial charge in [0.25, 0.3) is 0 Å². The van der Waals surface area contributed by atoms with Gasteiger partial charge in [0.15, 0.2) is 11.5 Å². The van der Waals surface area contributed by atoms with Crippen molar-refractivity contribution in [2.24, 2.45) is 0 Å². The summed E-state index contributed by atoms with van der Waals surface area (Å²) in [6.45, 7) is 7.75. The Kier molecular flexibility index (Phi) is 5.39. The van der Waals surface area contributed by atoms with Crippen molar-refractivity contribution < 1.29 is 19.4 Å². The van der Waals surface area contributed by atoms with Gasteiger partial charge in [-0.3, -0.25) is 5.32 Å². The Morgan fingerprint density at radius 3 is 2.60 bits per heavy atom. The van der Waals surface area contributed by atoms with Gasteiger partial charge in [-0.05, 0) is 45.4 Å². The molecule has 0 bridgehead atoms. The number of esters is 1. The fourth-order valence-electron chi connectivity index (χ4n) is 2.10. The first-order chi connectivity index (χ1) is 9.35. The highest BCUT2D eigenvalue weighted by Gasteiger charge is 2.37. The second kappa shape index (κ2) is 6.61.